The molecule has 0 aliphatic heterocycles. The fourth-order valence-electron chi connectivity index (χ4n) is 1.11. The van der Waals surface area contributed by atoms with Crippen LogP contribution in [0.5, 0.6) is 0 Å². The number of thiazole rings is 1. The van der Waals surface area contributed by atoms with E-state index in [1.54, 1.807) is 18.6 Å². The Bertz CT molecular complexity index is 483. The monoisotopic (exact) mass is 234 g/mol. The fourth-order valence-corrected chi connectivity index (χ4v) is 1.81. The summed E-state index contributed by atoms with van der Waals surface area (Å²) in [5.41, 5.74) is 0.408. The molecular formula is C10H10N4OS. The molecule has 16 heavy (non-hydrogen) atoms. The highest BCUT2D eigenvalue weighted by Crippen LogP contribution is 2.19. The number of hydrogen-bond donors (Lipinski definition) is 2. The Hall–Kier alpha value is -1.95. The Balaban J connectivity index is 2.12. The summed E-state index contributed by atoms with van der Waals surface area (Å²) in [4.78, 5) is 19.5. The number of nitrogens with one attached hydrogen (secondary N) is 2. The molecule has 5 nitrogen and oxygen atoms in total. The SMILES string of the molecule is CNC(=O)c1csc(Nc2ccccn2)n1. The number of carbonyl (C=O) groups is 1. The summed E-state index contributed by atoms with van der Waals surface area (Å²) in [6.07, 6.45) is 1.69. The number of rotatable bonds is 3. The second-order valence-corrected chi connectivity index (χ2v) is 3.82. The van der Waals surface area contributed by atoms with E-state index < -0.39 is 0 Å². The van der Waals surface area contributed by atoms with Crippen molar-refractivity contribution in [1.29, 1.82) is 0 Å². The lowest BCUT2D eigenvalue weighted by Crippen LogP contribution is -2.18. The summed E-state index contributed by atoms with van der Waals surface area (Å²) in [6.45, 7) is 0. The highest BCUT2D eigenvalue weighted by atomic mass is 32.1. The average Bonchev–Trinajstić information content (AvgIpc) is 2.78. The number of nitrogens with zero attached hydrogens (tertiary/aromatic N) is 2. The third kappa shape index (κ3) is 2.34. The number of aromatic nitrogens is 2. The minimum absolute atomic E-state index is 0.190. The molecule has 2 aromatic rings. The van der Waals surface area contributed by atoms with Crippen LogP contribution in [0.15, 0.2) is 29.8 Å². The highest BCUT2D eigenvalue weighted by molar-refractivity contribution is 7.14. The summed E-state index contributed by atoms with van der Waals surface area (Å²) in [6, 6.07) is 5.55. The Morgan fingerprint density at radius 1 is 1.44 bits per heavy atom. The van der Waals surface area contributed by atoms with Gasteiger partial charge in [-0.3, -0.25) is 4.79 Å². The molecule has 2 aromatic heterocycles. The molecule has 0 aliphatic carbocycles. The summed E-state index contributed by atoms with van der Waals surface area (Å²) in [7, 11) is 1.58. The van der Waals surface area contributed by atoms with Crippen molar-refractivity contribution in [2.24, 2.45) is 0 Å². The third-order valence-electron chi connectivity index (χ3n) is 1.86. The van der Waals surface area contributed by atoms with E-state index in [0.717, 1.165) is 0 Å². The Kier molecular flexibility index (Phi) is 3.11. The number of anilines is 2. The van der Waals surface area contributed by atoms with Gasteiger partial charge in [0.05, 0.1) is 0 Å². The topological polar surface area (TPSA) is 66.9 Å². The molecule has 2 N–H and O–H groups in total. The van der Waals surface area contributed by atoms with Crippen LogP contribution in [0.1, 0.15) is 10.5 Å². The van der Waals surface area contributed by atoms with Crippen LogP contribution in [0.2, 0.25) is 0 Å². The van der Waals surface area contributed by atoms with E-state index >= 15 is 0 Å². The van der Waals surface area contributed by atoms with Gasteiger partial charge in [-0.2, -0.15) is 0 Å². The van der Waals surface area contributed by atoms with E-state index in [-0.39, 0.29) is 5.91 Å². The van der Waals surface area contributed by atoms with E-state index in [1.807, 2.05) is 18.2 Å². The first kappa shape index (κ1) is 10.6. The van der Waals surface area contributed by atoms with Crippen LogP contribution in [0, 0.1) is 0 Å². The molecule has 2 heterocycles. The molecule has 2 rings (SSSR count). The summed E-state index contributed by atoms with van der Waals surface area (Å²) in [5, 5.41) is 7.89. The second-order valence-electron chi connectivity index (χ2n) is 2.96. The lowest BCUT2D eigenvalue weighted by Gasteiger charge is -1.99. The van der Waals surface area contributed by atoms with Crippen LogP contribution < -0.4 is 10.6 Å². The van der Waals surface area contributed by atoms with Crippen LogP contribution in [0.3, 0.4) is 0 Å². The van der Waals surface area contributed by atoms with Crippen molar-refractivity contribution in [3.63, 3.8) is 0 Å². The maximum atomic E-state index is 11.3. The van der Waals surface area contributed by atoms with Gasteiger partial charge in [0.15, 0.2) is 5.13 Å². The molecule has 82 valence electrons. The standard InChI is InChI=1S/C10H10N4OS/c1-11-9(15)7-6-16-10(13-7)14-8-4-2-3-5-12-8/h2-6H,1H3,(H,11,15)(H,12,13,14). The minimum atomic E-state index is -0.190. The summed E-state index contributed by atoms with van der Waals surface area (Å²) >= 11 is 1.37. The number of pyridine rings is 1. The van der Waals surface area contributed by atoms with Gasteiger partial charge in [0, 0.05) is 18.6 Å². The average molecular weight is 234 g/mol. The molecule has 0 saturated heterocycles. The quantitative estimate of drug-likeness (QED) is 0.847. The highest BCUT2D eigenvalue weighted by Gasteiger charge is 2.08. The van der Waals surface area contributed by atoms with E-state index in [2.05, 4.69) is 20.6 Å². The molecule has 0 aromatic carbocycles. The molecule has 0 aliphatic rings. The fraction of sp³-hybridized carbons (Fsp3) is 0.100. The first-order chi connectivity index (χ1) is 7.79. The first-order valence-corrected chi connectivity index (χ1v) is 5.53. The van der Waals surface area contributed by atoms with Gasteiger partial charge in [0.2, 0.25) is 0 Å². The van der Waals surface area contributed by atoms with Crippen molar-refractivity contribution in [2.45, 2.75) is 0 Å². The molecule has 0 radical (unpaired) electrons. The van der Waals surface area contributed by atoms with Gasteiger partial charge in [-0.25, -0.2) is 9.97 Å². The molecule has 0 atom stereocenters. The number of amides is 1. The Morgan fingerprint density at radius 2 is 2.31 bits per heavy atom. The maximum Gasteiger partial charge on any atom is 0.270 e. The summed E-state index contributed by atoms with van der Waals surface area (Å²) in [5.74, 6) is 0.519. The van der Waals surface area contributed by atoms with Crippen molar-refractivity contribution >= 4 is 28.2 Å². The van der Waals surface area contributed by atoms with Crippen LogP contribution in [0.25, 0.3) is 0 Å². The predicted molar refractivity (Wildman–Crippen MR) is 63.0 cm³/mol. The molecule has 0 bridgehead atoms. The van der Waals surface area contributed by atoms with Crippen LogP contribution >= 0.6 is 11.3 Å². The summed E-state index contributed by atoms with van der Waals surface area (Å²) < 4.78 is 0. The van der Waals surface area contributed by atoms with Crippen LogP contribution in [-0.2, 0) is 0 Å². The molecule has 0 spiro atoms. The van der Waals surface area contributed by atoms with Gasteiger partial charge in [-0.1, -0.05) is 6.07 Å². The smallest absolute Gasteiger partial charge is 0.270 e. The lowest BCUT2D eigenvalue weighted by atomic mass is 10.4. The second kappa shape index (κ2) is 4.71. The van der Waals surface area contributed by atoms with Crippen molar-refractivity contribution in [2.75, 3.05) is 12.4 Å². The Labute approximate surface area is 96.6 Å². The van der Waals surface area contributed by atoms with Crippen molar-refractivity contribution in [3.8, 4) is 0 Å². The largest absolute Gasteiger partial charge is 0.354 e. The number of carbonyl (C=O) groups excluding carboxylic acids is 1. The zero-order valence-electron chi connectivity index (χ0n) is 8.60. The van der Waals surface area contributed by atoms with Crippen LogP contribution in [-0.4, -0.2) is 22.9 Å². The van der Waals surface area contributed by atoms with E-state index in [4.69, 9.17) is 0 Å². The molecule has 1 amide bonds. The number of hydrogen-bond acceptors (Lipinski definition) is 5. The van der Waals surface area contributed by atoms with Crippen molar-refractivity contribution < 1.29 is 4.79 Å². The zero-order valence-corrected chi connectivity index (χ0v) is 9.41. The van der Waals surface area contributed by atoms with Gasteiger partial charge >= 0.3 is 0 Å². The first-order valence-electron chi connectivity index (χ1n) is 4.65. The molecule has 0 saturated carbocycles. The zero-order chi connectivity index (χ0) is 11.4. The van der Waals surface area contributed by atoms with Gasteiger partial charge in [-0.05, 0) is 12.1 Å². The molecule has 0 fully saturated rings. The third-order valence-corrected chi connectivity index (χ3v) is 2.62. The van der Waals surface area contributed by atoms with Gasteiger partial charge in [-0.15, -0.1) is 11.3 Å². The van der Waals surface area contributed by atoms with E-state index in [9.17, 15) is 4.79 Å². The van der Waals surface area contributed by atoms with Crippen molar-refractivity contribution in [3.05, 3.63) is 35.5 Å². The predicted octanol–water partition coefficient (Wildman–Crippen LogP) is 1.64. The van der Waals surface area contributed by atoms with Gasteiger partial charge in [0.25, 0.3) is 5.91 Å². The van der Waals surface area contributed by atoms with E-state index in [1.165, 1.54) is 11.3 Å². The molecule has 6 heteroatoms. The normalized spacial score (nSPS) is 9.81. The maximum absolute atomic E-state index is 11.3. The molecular weight excluding hydrogens is 224 g/mol. The lowest BCUT2D eigenvalue weighted by molar-refractivity contribution is 0.0959. The van der Waals surface area contributed by atoms with Crippen LogP contribution in [0.4, 0.5) is 10.9 Å². The van der Waals surface area contributed by atoms with Gasteiger partial charge in [0.1, 0.15) is 11.5 Å². The minimum Gasteiger partial charge on any atom is -0.354 e. The molecule has 0 unspecified atom stereocenters. The van der Waals surface area contributed by atoms with E-state index in [0.29, 0.717) is 16.6 Å². The Morgan fingerprint density at radius 3 is 3.00 bits per heavy atom. The van der Waals surface area contributed by atoms with Gasteiger partial charge < -0.3 is 10.6 Å². The van der Waals surface area contributed by atoms with Crippen molar-refractivity contribution in [1.82, 2.24) is 15.3 Å².